The standard InChI is InChI=1S/C15H22N2O3S/c1-4-17(5-2)21(19,20)14-10-13(9-6-11(14)3)16-15(18)12-7-8-12/h6,9-10,12H,4-5,7-8H2,1-3H3,(H,16,18). The Morgan fingerprint density at radius 3 is 2.43 bits per heavy atom. The molecule has 0 aliphatic heterocycles. The summed E-state index contributed by atoms with van der Waals surface area (Å²) in [6, 6.07) is 5.04. The molecule has 1 amide bonds. The van der Waals surface area contributed by atoms with E-state index in [9.17, 15) is 13.2 Å². The number of amides is 1. The van der Waals surface area contributed by atoms with Crippen LogP contribution in [-0.4, -0.2) is 31.7 Å². The Balaban J connectivity index is 2.32. The molecule has 1 fully saturated rings. The van der Waals surface area contributed by atoms with Crippen LogP contribution in [0.5, 0.6) is 0 Å². The van der Waals surface area contributed by atoms with Crippen LogP contribution in [0.15, 0.2) is 23.1 Å². The maximum atomic E-state index is 12.6. The van der Waals surface area contributed by atoms with E-state index in [4.69, 9.17) is 0 Å². The zero-order valence-electron chi connectivity index (χ0n) is 12.7. The molecular weight excluding hydrogens is 288 g/mol. The number of anilines is 1. The molecule has 1 aromatic carbocycles. The molecule has 1 N–H and O–H groups in total. The van der Waals surface area contributed by atoms with Crippen molar-refractivity contribution in [3.8, 4) is 0 Å². The highest BCUT2D eigenvalue weighted by Gasteiger charge is 2.30. The molecule has 0 heterocycles. The van der Waals surface area contributed by atoms with Crippen molar-refractivity contribution in [2.45, 2.75) is 38.5 Å². The van der Waals surface area contributed by atoms with Crippen molar-refractivity contribution in [1.82, 2.24) is 4.31 Å². The predicted molar refractivity (Wildman–Crippen MR) is 82.6 cm³/mol. The van der Waals surface area contributed by atoms with Crippen LogP contribution in [0.1, 0.15) is 32.3 Å². The van der Waals surface area contributed by atoms with Gasteiger partial charge in [-0.3, -0.25) is 4.79 Å². The fourth-order valence-electron chi connectivity index (χ4n) is 2.25. The molecular formula is C15H22N2O3S. The molecule has 1 aliphatic carbocycles. The molecule has 5 nitrogen and oxygen atoms in total. The minimum Gasteiger partial charge on any atom is -0.326 e. The van der Waals surface area contributed by atoms with Crippen LogP contribution in [-0.2, 0) is 14.8 Å². The second-order valence-corrected chi connectivity index (χ2v) is 7.24. The molecule has 0 aromatic heterocycles. The third kappa shape index (κ3) is 3.44. The number of benzene rings is 1. The van der Waals surface area contributed by atoms with Crippen LogP contribution in [0.2, 0.25) is 0 Å². The number of carbonyl (C=O) groups excluding carboxylic acids is 1. The molecule has 0 radical (unpaired) electrons. The Labute approximate surface area is 126 Å². The summed E-state index contributed by atoms with van der Waals surface area (Å²) in [6.45, 7) is 6.25. The van der Waals surface area contributed by atoms with Gasteiger partial charge in [0.2, 0.25) is 15.9 Å². The van der Waals surface area contributed by atoms with E-state index in [1.165, 1.54) is 4.31 Å². The van der Waals surface area contributed by atoms with Crippen molar-refractivity contribution in [3.63, 3.8) is 0 Å². The SMILES string of the molecule is CCN(CC)S(=O)(=O)c1cc(NC(=O)C2CC2)ccc1C. The minimum atomic E-state index is -3.51. The van der Waals surface area contributed by atoms with Crippen LogP contribution in [0.3, 0.4) is 0 Å². The Morgan fingerprint density at radius 1 is 1.29 bits per heavy atom. The number of nitrogens with zero attached hydrogens (tertiary/aromatic N) is 1. The van der Waals surface area contributed by atoms with Gasteiger partial charge >= 0.3 is 0 Å². The third-order valence-electron chi connectivity index (χ3n) is 3.73. The van der Waals surface area contributed by atoms with E-state index in [1.54, 1.807) is 25.1 Å². The number of sulfonamides is 1. The summed E-state index contributed by atoms with van der Waals surface area (Å²) in [5.41, 5.74) is 1.23. The van der Waals surface area contributed by atoms with E-state index in [0.29, 0.717) is 24.3 Å². The fourth-order valence-corrected chi connectivity index (χ4v) is 3.96. The lowest BCUT2D eigenvalue weighted by atomic mass is 10.2. The zero-order valence-corrected chi connectivity index (χ0v) is 13.5. The van der Waals surface area contributed by atoms with Gasteiger partial charge in [-0.2, -0.15) is 4.31 Å². The smallest absolute Gasteiger partial charge is 0.243 e. The summed E-state index contributed by atoms with van der Waals surface area (Å²) >= 11 is 0. The lowest BCUT2D eigenvalue weighted by molar-refractivity contribution is -0.117. The molecule has 0 atom stereocenters. The van der Waals surface area contributed by atoms with Gasteiger partial charge < -0.3 is 5.32 Å². The maximum absolute atomic E-state index is 12.6. The summed E-state index contributed by atoms with van der Waals surface area (Å²) in [5.74, 6) is 0.0687. The van der Waals surface area contributed by atoms with E-state index in [0.717, 1.165) is 12.8 Å². The molecule has 1 saturated carbocycles. The minimum absolute atomic E-state index is 0.0231. The monoisotopic (exact) mass is 310 g/mol. The molecule has 0 saturated heterocycles. The lowest BCUT2D eigenvalue weighted by Gasteiger charge is -2.20. The van der Waals surface area contributed by atoms with Crippen molar-refractivity contribution >= 4 is 21.6 Å². The van der Waals surface area contributed by atoms with Gasteiger partial charge in [0.05, 0.1) is 4.90 Å². The van der Waals surface area contributed by atoms with E-state index in [2.05, 4.69) is 5.32 Å². The molecule has 21 heavy (non-hydrogen) atoms. The highest BCUT2D eigenvalue weighted by Crippen LogP contribution is 2.31. The molecule has 2 rings (SSSR count). The van der Waals surface area contributed by atoms with E-state index in [-0.39, 0.29) is 16.7 Å². The number of hydrogen-bond donors (Lipinski definition) is 1. The van der Waals surface area contributed by atoms with Gasteiger partial charge in [0.1, 0.15) is 0 Å². The summed E-state index contributed by atoms with van der Waals surface area (Å²) in [4.78, 5) is 12.1. The Morgan fingerprint density at radius 2 is 1.90 bits per heavy atom. The largest absolute Gasteiger partial charge is 0.326 e. The number of hydrogen-bond acceptors (Lipinski definition) is 3. The summed E-state index contributed by atoms with van der Waals surface area (Å²) in [5, 5.41) is 2.80. The Bertz CT molecular complexity index is 632. The van der Waals surface area contributed by atoms with Crippen LogP contribution in [0.4, 0.5) is 5.69 Å². The Hall–Kier alpha value is -1.40. The van der Waals surface area contributed by atoms with Crippen molar-refractivity contribution in [2.75, 3.05) is 18.4 Å². The van der Waals surface area contributed by atoms with Crippen LogP contribution in [0.25, 0.3) is 0 Å². The first kappa shape index (κ1) is 16.0. The van der Waals surface area contributed by atoms with Gasteiger partial charge in [0.15, 0.2) is 0 Å². The number of rotatable bonds is 6. The highest BCUT2D eigenvalue weighted by atomic mass is 32.2. The van der Waals surface area contributed by atoms with Gasteiger partial charge in [-0.25, -0.2) is 8.42 Å². The molecule has 0 spiro atoms. The van der Waals surface area contributed by atoms with E-state index < -0.39 is 10.0 Å². The van der Waals surface area contributed by atoms with Gasteiger partial charge in [-0.05, 0) is 37.5 Å². The third-order valence-corrected chi connectivity index (χ3v) is 5.92. The quantitative estimate of drug-likeness (QED) is 0.877. The van der Waals surface area contributed by atoms with Gasteiger partial charge in [0.25, 0.3) is 0 Å². The van der Waals surface area contributed by atoms with E-state index in [1.807, 2.05) is 13.8 Å². The molecule has 6 heteroatoms. The first-order chi connectivity index (χ1) is 9.90. The van der Waals surface area contributed by atoms with E-state index >= 15 is 0 Å². The second-order valence-electron chi connectivity index (χ2n) is 5.33. The number of aryl methyl sites for hydroxylation is 1. The molecule has 0 unspecified atom stereocenters. The molecule has 1 aromatic rings. The van der Waals surface area contributed by atoms with Crippen LogP contribution >= 0.6 is 0 Å². The van der Waals surface area contributed by atoms with Crippen molar-refractivity contribution < 1.29 is 13.2 Å². The fraction of sp³-hybridized carbons (Fsp3) is 0.533. The summed E-state index contributed by atoms with van der Waals surface area (Å²) in [7, 11) is -3.51. The summed E-state index contributed by atoms with van der Waals surface area (Å²) < 4.78 is 26.6. The summed E-state index contributed by atoms with van der Waals surface area (Å²) in [6.07, 6.45) is 1.84. The van der Waals surface area contributed by atoms with Crippen molar-refractivity contribution in [1.29, 1.82) is 0 Å². The van der Waals surface area contributed by atoms with Gasteiger partial charge in [-0.1, -0.05) is 19.9 Å². The van der Waals surface area contributed by atoms with Crippen molar-refractivity contribution in [3.05, 3.63) is 23.8 Å². The average molecular weight is 310 g/mol. The molecule has 1 aliphatic rings. The van der Waals surface area contributed by atoms with Crippen LogP contribution in [0, 0.1) is 12.8 Å². The molecule has 0 bridgehead atoms. The second kappa shape index (κ2) is 6.15. The van der Waals surface area contributed by atoms with Gasteiger partial charge in [-0.15, -0.1) is 0 Å². The van der Waals surface area contributed by atoms with Crippen molar-refractivity contribution in [2.24, 2.45) is 5.92 Å². The molecule has 116 valence electrons. The predicted octanol–water partition coefficient (Wildman–Crippen LogP) is 2.37. The van der Waals surface area contributed by atoms with Crippen LogP contribution < -0.4 is 5.32 Å². The number of carbonyl (C=O) groups is 1. The zero-order chi connectivity index (χ0) is 15.6. The lowest BCUT2D eigenvalue weighted by Crippen LogP contribution is -2.31. The maximum Gasteiger partial charge on any atom is 0.243 e. The first-order valence-electron chi connectivity index (χ1n) is 7.31. The topological polar surface area (TPSA) is 66.5 Å². The number of nitrogens with one attached hydrogen (secondary N) is 1. The normalized spacial score (nSPS) is 15.2. The van der Waals surface area contributed by atoms with Gasteiger partial charge in [0, 0.05) is 24.7 Å². The average Bonchev–Trinajstić information content (AvgIpc) is 3.26. The first-order valence-corrected chi connectivity index (χ1v) is 8.75. The highest BCUT2D eigenvalue weighted by molar-refractivity contribution is 7.89. The Kier molecular flexibility index (Phi) is 4.68.